The molecule has 0 spiro atoms. The highest BCUT2D eigenvalue weighted by molar-refractivity contribution is 5.82. The zero-order valence-corrected chi connectivity index (χ0v) is 15.1. The van der Waals surface area contributed by atoms with E-state index in [0.29, 0.717) is 0 Å². The third-order valence-corrected chi connectivity index (χ3v) is 3.93. The Morgan fingerprint density at radius 1 is 1.33 bits per heavy atom. The molecular formula is C16H14F6N5O3-. The van der Waals surface area contributed by atoms with Crippen LogP contribution >= 0.6 is 0 Å². The molecule has 3 rings (SSSR count). The minimum Gasteiger partial charge on any atom is -0.737 e. The van der Waals surface area contributed by atoms with Gasteiger partial charge >= 0.3 is 6.18 Å². The maximum absolute atomic E-state index is 14.3. The van der Waals surface area contributed by atoms with Gasteiger partial charge in [0.05, 0.1) is 5.69 Å². The van der Waals surface area contributed by atoms with E-state index >= 15 is 0 Å². The number of halogens is 6. The zero-order chi connectivity index (χ0) is 22.3. The monoisotopic (exact) mass is 438 g/mol. The summed E-state index contributed by atoms with van der Waals surface area (Å²) in [4.78, 5) is 6.94. The fourth-order valence-corrected chi connectivity index (χ4v) is 2.70. The quantitative estimate of drug-likeness (QED) is 0.555. The van der Waals surface area contributed by atoms with Crippen LogP contribution in [-0.2, 0) is 10.9 Å². The van der Waals surface area contributed by atoms with Crippen LogP contribution in [0.15, 0.2) is 27.6 Å². The molecule has 1 atom stereocenters. The minimum absolute atomic E-state index is 0.298. The third-order valence-electron chi connectivity index (χ3n) is 3.93. The molecule has 14 heteroatoms. The Labute approximate surface area is 164 Å². The van der Waals surface area contributed by atoms with Gasteiger partial charge < -0.3 is 30.7 Å². The molecule has 0 amide bonds. The number of nitrogens with one attached hydrogen (secondary N) is 1. The molecule has 2 heterocycles. The summed E-state index contributed by atoms with van der Waals surface area (Å²) < 4.78 is 90.9. The molecule has 0 aliphatic carbocycles. The number of amidine groups is 1. The Kier molecular flexibility index (Phi) is 5.56. The topological polar surface area (TPSA) is 112 Å². The van der Waals surface area contributed by atoms with Gasteiger partial charge in [-0.3, -0.25) is 4.99 Å². The number of hydrogen-bond acceptors (Lipinski definition) is 8. The van der Waals surface area contributed by atoms with E-state index in [4.69, 9.17) is 5.73 Å². The summed E-state index contributed by atoms with van der Waals surface area (Å²) in [6.45, 7) is -0.368. The van der Waals surface area contributed by atoms with Crippen molar-refractivity contribution in [3.05, 3.63) is 46.4 Å². The highest BCUT2D eigenvalue weighted by Gasteiger charge is 2.44. The molecule has 30 heavy (non-hydrogen) atoms. The average molecular weight is 438 g/mol. The van der Waals surface area contributed by atoms with Crippen molar-refractivity contribution in [1.29, 1.82) is 0 Å². The van der Waals surface area contributed by atoms with Gasteiger partial charge in [-0.2, -0.15) is 18.2 Å². The van der Waals surface area contributed by atoms with Gasteiger partial charge in [0.25, 0.3) is 11.7 Å². The van der Waals surface area contributed by atoms with Crippen LogP contribution in [0, 0.1) is 17.9 Å². The van der Waals surface area contributed by atoms with E-state index in [1.165, 1.54) is 0 Å². The second kappa shape index (κ2) is 7.68. The smallest absolute Gasteiger partial charge is 0.453 e. The molecule has 0 fully saturated rings. The zero-order valence-electron chi connectivity index (χ0n) is 15.1. The van der Waals surface area contributed by atoms with Gasteiger partial charge in [0, 0.05) is 12.5 Å². The van der Waals surface area contributed by atoms with E-state index in [0.717, 1.165) is 25.1 Å². The lowest BCUT2D eigenvalue weighted by atomic mass is 10.00. The number of nitrogens with two attached hydrogens (primary N) is 1. The number of rotatable bonds is 4. The molecule has 1 aliphatic heterocycles. The van der Waals surface area contributed by atoms with Crippen molar-refractivity contribution in [3.63, 3.8) is 0 Å². The summed E-state index contributed by atoms with van der Waals surface area (Å²) in [7, 11) is 0. The maximum Gasteiger partial charge on any atom is 0.453 e. The first kappa shape index (κ1) is 21.7. The lowest BCUT2D eigenvalue weighted by molar-refractivity contribution is -0.152. The summed E-state index contributed by atoms with van der Waals surface area (Å²) in [6, 6.07) is 0.447. The maximum atomic E-state index is 14.3. The SMILES string of the molecule is Cc1nc(N([O-])Nc2ccc(F)c(C3N=C(N)COCC3(F)F)c2)c(C(F)(F)F)o1. The van der Waals surface area contributed by atoms with Crippen LogP contribution in [0.5, 0.6) is 0 Å². The highest BCUT2D eigenvalue weighted by atomic mass is 19.4. The standard InChI is InChI=1S/C16H14F6N5O3/c1-7-24-14(13(30-7)16(20,21)22)27(28)26-8-2-3-10(17)9(4-8)12-15(18,19)6-29-5-11(23)25-12/h2-4,12,26H,5-6H2,1H3,(H2,23,25)/q-1. The molecule has 1 aliphatic rings. The average Bonchev–Trinajstić information content (AvgIpc) is 2.97. The Hall–Kier alpha value is -3.00. The number of nitrogens with zero attached hydrogens (tertiary/aromatic N) is 3. The van der Waals surface area contributed by atoms with Crippen LogP contribution < -0.4 is 16.3 Å². The summed E-state index contributed by atoms with van der Waals surface area (Å²) in [6.07, 6.45) is -5.01. The van der Waals surface area contributed by atoms with Gasteiger partial charge in [-0.15, -0.1) is 0 Å². The van der Waals surface area contributed by atoms with Crippen LogP contribution in [0.2, 0.25) is 0 Å². The van der Waals surface area contributed by atoms with Gasteiger partial charge in [0.2, 0.25) is 0 Å². The van der Waals surface area contributed by atoms with Gasteiger partial charge in [0.1, 0.15) is 30.9 Å². The van der Waals surface area contributed by atoms with Crippen LogP contribution in [0.25, 0.3) is 0 Å². The van der Waals surface area contributed by atoms with Crippen molar-refractivity contribution >= 4 is 17.3 Å². The first-order valence-corrected chi connectivity index (χ1v) is 8.24. The van der Waals surface area contributed by atoms with Gasteiger partial charge in [-0.05, 0) is 18.2 Å². The fraction of sp³-hybridized carbons (Fsp3) is 0.375. The number of alkyl halides is 5. The number of hydrogen-bond donors (Lipinski definition) is 2. The van der Waals surface area contributed by atoms with Gasteiger partial charge in [0.15, 0.2) is 11.7 Å². The summed E-state index contributed by atoms with van der Waals surface area (Å²) in [5, 5.41) is 11.8. The van der Waals surface area contributed by atoms with Crippen molar-refractivity contribution in [2.45, 2.75) is 25.1 Å². The molecule has 0 radical (unpaired) electrons. The molecule has 1 aromatic carbocycles. The number of aryl methyl sites for hydroxylation is 1. The summed E-state index contributed by atoms with van der Waals surface area (Å²) >= 11 is 0. The minimum atomic E-state index is -5.01. The van der Waals surface area contributed by atoms with Crippen molar-refractivity contribution in [2.24, 2.45) is 10.7 Å². The van der Waals surface area contributed by atoms with E-state index in [1.54, 1.807) is 0 Å². The van der Waals surface area contributed by atoms with Crippen molar-refractivity contribution in [2.75, 3.05) is 23.8 Å². The van der Waals surface area contributed by atoms with E-state index in [1.807, 2.05) is 5.43 Å². The number of aliphatic imine (C=N–C) groups is 1. The first-order chi connectivity index (χ1) is 13.9. The second-order valence-corrected chi connectivity index (χ2v) is 6.30. The largest absolute Gasteiger partial charge is 0.737 e. The molecular weight excluding hydrogens is 424 g/mol. The molecule has 2 aromatic rings. The Morgan fingerprint density at radius 2 is 2.03 bits per heavy atom. The molecule has 0 saturated heterocycles. The number of anilines is 2. The van der Waals surface area contributed by atoms with Crippen LogP contribution in [0.3, 0.4) is 0 Å². The van der Waals surface area contributed by atoms with Crippen LogP contribution in [0.4, 0.5) is 37.8 Å². The van der Waals surface area contributed by atoms with Crippen molar-refractivity contribution < 1.29 is 35.5 Å². The molecule has 8 nitrogen and oxygen atoms in total. The lowest BCUT2D eigenvalue weighted by Crippen LogP contribution is -2.30. The molecule has 0 saturated carbocycles. The molecule has 1 unspecified atom stereocenters. The number of aromatic nitrogens is 1. The normalized spacial score (nSPS) is 19.2. The van der Waals surface area contributed by atoms with Gasteiger partial charge in [-0.25, -0.2) is 13.2 Å². The number of oxazole rings is 1. The second-order valence-electron chi connectivity index (χ2n) is 6.30. The Morgan fingerprint density at radius 3 is 2.70 bits per heavy atom. The fourth-order valence-electron chi connectivity index (χ4n) is 2.70. The molecule has 3 N–H and O–H groups in total. The van der Waals surface area contributed by atoms with E-state index in [2.05, 4.69) is 19.1 Å². The predicted octanol–water partition coefficient (Wildman–Crippen LogP) is 3.54. The van der Waals surface area contributed by atoms with Crippen LogP contribution in [-0.4, -0.2) is 30.0 Å². The van der Waals surface area contributed by atoms with Crippen molar-refractivity contribution in [1.82, 2.24) is 4.98 Å². The van der Waals surface area contributed by atoms with Gasteiger partial charge in [-0.1, -0.05) is 0 Å². The number of hydrazine groups is 1. The van der Waals surface area contributed by atoms with E-state index in [9.17, 15) is 31.5 Å². The Balaban J connectivity index is 1.94. The summed E-state index contributed by atoms with van der Waals surface area (Å²) in [5.41, 5.74) is 6.50. The molecule has 1 aromatic heterocycles. The number of ether oxygens (including phenoxy) is 1. The Bertz CT molecular complexity index is 961. The lowest BCUT2D eigenvalue weighted by Gasteiger charge is -2.30. The molecule has 164 valence electrons. The molecule has 0 bridgehead atoms. The predicted molar refractivity (Wildman–Crippen MR) is 92.2 cm³/mol. The van der Waals surface area contributed by atoms with Crippen molar-refractivity contribution in [3.8, 4) is 0 Å². The highest BCUT2D eigenvalue weighted by Crippen LogP contribution is 2.39. The van der Waals surface area contributed by atoms with Crippen LogP contribution in [0.1, 0.15) is 23.3 Å². The number of benzene rings is 1. The van der Waals surface area contributed by atoms with E-state index < -0.39 is 53.6 Å². The summed E-state index contributed by atoms with van der Waals surface area (Å²) in [5.74, 6) is -8.24. The first-order valence-electron chi connectivity index (χ1n) is 8.24. The third kappa shape index (κ3) is 4.43. The van der Waals surface area contributed by atoms with E-state index in [-0.39, 0.29) is 23.3 Å².